The molecule has 3 nitrogen and oxygen atoms in total. The van der Waals surface area contributed by atoms with E-state index in [1.165, 1.54) is 11.1 Å². The number of hydrogen-bond acceptors (Lipinski definition) is 2. The van der Waals surface area contributed by atoms with Gasteiger partial charge in [0.05, 0.1) is 7.11 Å². The highest BCUT2D eigenvalue weighted by Crippen LogP contribution is 2.27. The third-order valence-corrected chi connectivity index (χ3v) is 4.96. The minimum atomic E-state index is 0.0932. The second-order valence-corrected chi connectivity index (χ2v) is 6.86. The minimum Gasteiger partial charge on any atom is -0.497 e. The van der Waals surface area contributed by atoms with Crippen LogP contribution in [0, 0.1) is 0 Å². The van der Waals surface area contributed by atoms with E-state index in [1.54, 1.807) is 7.11 Å². The molecule has 0 atom stereocenters. The predicted molar refractivity (Wildman–Crippen MR) is 114 cm³/mol. The summed E-state index contributed by atoms with van der Waals surface area (Å²) in [7, 11) is 1.65. The number of carbonyl (C=O) groups is 1. The smallest absolute Gasteiger partial charge is 0.220 e. The van der Waals surface area contributed by atoms with E-state index in [4.69, 9.17) is 4.74 Å². The van der Waals surface area contributed by atoms with Crippen molar-refractivity contribution in [3.05, 3.63) is 102 Å². The summed E-state index contributed by atoms with van der Waals surface area (Å²) in [6, 6.07) is 28.8. The van der Waals surface area contributed by atoms with Gasteiger partial charge in [0.15, 0.2) is 0 Å². The van der Waals surface area contributed by atoms with E-state index < -0.39 is 0 Å². The van der Waals surface area contributed by atoms with Crippen LogP contribution in [0.2, 0.25) is 0 Å². The summed E-state index contributed by atoms with van der Waals surface area (Å²) >= 11 is 0. The summed E-state index contributed by atoms with van der Waals surface area (Å²) in [6.07, 6.45) is 2.10. The summed E-state index contributed by atoms with van der Waals surface area (Å²) < 4.78 is 5.16. The van der Waals surface area contributed by atoms with E-state index in [0.29, 0.717) is 13.0 Å². The van der Waals surface area contributed by atoms with Crippen molar-refractivity contribution in [1.29, 1.82) is 0 Å². The molecule has 1 N–H and O–H groups in total. The number of aryl methyl sites for hydroxylation is 1. The molecule has 0 spiro atoms. The van der Waals surface area contributed by atoms with Gasteiger partial charge in [0.25, 0.3) is 0 Å². The zero-order chi connectivity index (χ0) is 19.6. The molecule has 144 valence electrons. The molecule has 0 aliphatic heterocycles. The van der Waals surface area contributed by atoms with Gasteiger partial charge in [-0.1, -0.05) is 72.8 Å². The second-order valence-electron chi connectivity index (χ2n) is 6.86. The number of nitrogens with one attached hydrogen (secondary N) is 1. The van der Waals surface area contributed by atoms with Crippen LogP contribution < -0.4 is 10.1 Å². The number of hydrogen-bond donors (Lipinski definition) is 1. The molecule has 0 bridgehead atoms. The molecule has 0 aliphatic rings. The van der Waals surface area contributed by atoms with Crippen LogP contribution in [0.4, 0.5) is 0 Å². The van der Waals surface area contributed by atoms with Crippen LogP contribution in [-0.2, 0) is 11.2 Å². The maximum atomic E-state index is 12.3. The molecule has 0 aliphatic carbocycles. The fourth-order valence-electron chi connectivity index (χ4n) is 3.39. The van der Waals surface area contributed by atoms with Gasteiger partial charge in [-0.15, -0.1) is 0 Å². The Hall–Kier alpha value is -3.07. The summed E-state index contributed by atoms with van der Waals surface area (Å²) in [5.41, 5.74) is 3.70. The summed E-state index contributed by atoms with van der Waals surface area (Å²) in [5.74, 6) is 1.21. The SMILES string of the molecule is COc1ccc(CCC(=O)NCCC(c2ccccc2)c2ccccc2)cc1. The summed E-state index contributed by atoms with van der Waals surface area (Å²) in [6.45, 7) is 0.663. The quantitative estimate of drug-likeness (QED) is 0.575. The second kappa shape index (κ2) is 10.3. The Kier molecular flexibility index (Phi) is 7.25. The van der Waals surface area contributed by atoms with Crippen LogP contribution in [0.3, 0.4) is 0 Å². The van der Waals surface area contributed by atoms with Gasteiger partial charge >= 0.3 is 0 Å². The minimum absolute atomic E-state index is 0.0932. The van der Waals surface area contributed by atoms with Crippen LogP contribution in [-0.4, -0.2) is 19.6 Å². The molecule has 0 heterocycles. The van der Waals surface area contributed by atoms with Gasteiger partial charge in [-0.3, -0.25) is 4.79 Å². The standard InChI is InChI=1S/C25H27NO2/c1-28-23-15-12-20(13-16-23)14-17-25(27)26-19-18-24(21-8-4-2-5-9-21)22-10-6-3-7-11-22/h2-13,15-16,24H,14,17-19H2,1H3,(H,26,27). The first-order chi connectivity index (χ1) is 13.8. The molecule has 3 aromatic carbocycles. The van der Waals surface area contributed by atoms with Gasteiger partial charge in [0, 0.05) is 18.9 Å². The molecule has 3 rings (SSSR count). The summed E-state index contributed by atoms with van der Waals surface area (Å²) in [4.78, 5) is 12.3. The van der Waals surface area contributed by atoms with E-state index in [2.05, 4.69) is 53.8 Å². The number of carbonyl (C=O) groups excluding carboxylic acids is 1. The zero-order valence-corrected chi connectivity index (χ0v) is 16.3. The number of ether oxygens (including phenoxy) is 1. The van der Waals surface area contributed by atoms with E-state index in [1.807, 2.05) is 36.4 Å². The van der Waals surface area contributed by atoms with Crippen LogP contribution in [0.25, 0.3) is 0 Å². The molecule has 0 fully saturated rings. The van der Waals surface area contributed by atoms with E-state index in [-0.39, 0.29) is 11.8 Å². The van der Waals surface area contributed by atoms with Crippen LogP contribution in [0.1, 0.15) is 35.4 Å². The van der Waals surface area contributed by atoms with Crippen molar-refractivity contribution in [3.8, 4) is 5.75 Å². The normalized spacial score (nSPS) is 10.6. The van der Waals surface area contributed by atoms with Crippen LogP contribution >= 0.6 is 0 Å². The van der Waals surface area contributed by atoms with Gasteiger partial charge in [-0.2, -0.15) is 0 Å². The van der Waals surface area contributed by atoms with Crippen molar-refractivity contribution in [2.45, 2.75) is 25.2 Å². The molecule has 0 radical (unpaired) electrons. The first kappa shape index (κ1) is 19.7. The molecule has 0 saturated heterocycles. The Morgan fingerprint density at radius 1 is 0.857 bits per heavy atom. The van der Waals surface area contributed by atoms with Crippen molar-refractivity contribution in [3.63, 3.8) is 0 Å². The first-order valence-electron chi connectivity index (χ1n) is 9.76. The molecule has 3 heteroatoms. The first-order valence-corrected chi connectivity index (χ1v) is 9.76. The van der Waals surface area contributed by atoms with Crippen molar-refractivity contribution in [2.75, 3.05) is 13.7 Å². The number of rotatable bonds is 9. The van der Waals surface area contributed by atoms with Crippen LogP contribution in [0.15, 0.2) is 84.9 Å². The Bertz CT molecular complexity index is 805. The lowest BCUT2D eigenvalue weighted by molar-refractivity contribution is -0.121. The lowest BCUT2D eigenvalue weighted by Crippen LogP contribution is -2.26. The maximum Gasteiger partial charge on any atom is 0.220 e. The highest BCUT2D eigenvalue weighted by atomic mass is 16.5. The fourth-order valence-corrected chi connectivity index (χ4v) is 3.39. The van der Waals surface area contributed by atoms with Gasteiger partial charge in [-0.05, 0) is 41.7 Å². The third kappa shape index (κ3) is 5.71. The lowest BCUT2D eigenvalue weighted by atomic mass is 9.88. The van der Waals surface area contributed by atoms with Gasteiger partial charge in [0.1, 0.15) is 5.75 Å². The molecule has 28 heavy (non-hydrogen) atoms. The maximum absolute atomic E-state index is 12.3. The zero-order valence-electron chi connectivity index (χ0n) is 16.3. The molecular weight excluding hydrogens is 346 g/mol. The Morgan fingerprint density at radius 2 is 1.43 bits per heavy atom. The van der Waals surface area contributed by atoms with E-state index >= 15 is 0 Å². The Labute approximate surface area is 167 Å². The molecule has 1 amide bonds. The lowest BCUT2D eigenvalue weighted by Gasteiger charge is -2.18. The molecule has 0 unspecified atom stereocenters. The van der Waals surface area contributed by atoms with Crippen molar-refractivity contribution >= 4 is 5.91 Å². The molecule has 0 saturated carbocycles. The highest BCUT2D eigenvalue weighted by Gasteiger charge is 2.14. The van der Waals surface area contributed by atoms with E-state index in [0.717, 1.165) is 24.2 Å². The average Bonchev–Trinajstić information content (AvgIpc) is 2.77. The van der Waals surface area contributed by atoms with Gasteiger partial charge < -0.3 is 10.1 Å². The number of amides is 1. The van der Waals surface area contributed by atoms with Crippen LogP contribution in [0.5, 0.6) is 5.75 Å². The average molecular weight is 373 g/mol. The number of methoxy groups -OCH3 is 1. The Balaban J connectivity index is 1.51. The highest BCUT2D eigenvalue weighted by molar-refractivity contribution is 5.76. The number of benzene rings is 3. The molecular formula is C25H27NO2. The van der Waals surface area contributed by atoms with Crippen molar-refractivity contribution < 1.29 is 9.53 Å². The molecule has 3 aromatic rings. The predicted octanol–water partition coefficient (Wildman–Crippen LogP) is 4.97. The summed E-state index contributed by atoms with van der Waals surface area (Å²) in [5, 5.41) is 3.08. The topological polar surface area (TPSA) is 38.3 Å². The van der Waals surface area contributed by atoms with Crippen molar-refractivity contribution in [2.24, 2.45) is 0 Å². The van der Waals surface area contributed by atoms with Gasteiger partial charge in [0.2, 0.25) is 5.91 Å². The Morgan fingerprint density at radius 3 is 1.96 bits per heavy atom. The third-order valence-electron chi connectivity index (χ3n) is 4.96. The van der Waals surface area contributed by atoms with E-state index in [9.17, 15) is 4.79 Å². The largest absolute Gasteiger partial charge is 0.497 e. The van der Waals surface area contributed by atoms with Crippen molar-refractivity contribution in [1.82, 2.24) is 5.32 Å². The monoisotopic (exact) mass is 373 g/mol. The molecule has 0 aromatic heterocycles. The fraction of sp³-hybridized carbons (Fsp3) is 0.240. The van der Waals surface area contributed by atoms with Gasteiger partial charge in [-0.25, -0.2) is 0 Å².